The van der Waals surface area contributed by atoms with Crippen LogP contribution in [0.15, 0.2) is 36.4 Å². The molecule has 1 aliphatic heterocycles. The maximum atomic E-state index is 14.0. The summed E-state index contributed by atoms with van der Waals surface area (Å²) in [6.07, 6.45) is -21.1. The Labute approximate surface area is 235 Å². The van der Waals surface area contributed by atoms with Gasteiger partial charge in [-0.2, -0.15) is 52.7 Å². The Morgan fingerprint density at radius 3 is 1.14 bits per heavy atom. The molecule has 0 aliphatic carbocycles. The molecule has 15 heteroatoms. The first-order valence-corrected chi connectivity index (χ1v) is 15.6. The Kier molecular flexibility index (Phi) is 8.74. The third-order valence-electron chi connectivity index (χ3n) is 7.81. The lowest BCUT2D eigenvalue weighted by atomic mass is 9.77. The van der Waals surface area contributed by atoms with Gasteiger partial charge in [0, 0.05) is 6.04 Å². The highest BCUT2D eigenvalue weighted by Gasteiger charge is 2.54. The molecular weight excluding hydrogens is 610 g/mol. The van der Waals surface area contributed by atoms with Gasteiger partial charge in [-0.1, -0.05) is 20.8 Å². The van der Waals surface area contributed by atoms with Crippen molar-refractivity contribution in [3.63, 3.8) is 0 Å². The van der Waals surface area contributed by atoms with E-state index in [-0.39, 0.29) is 31.5 Å². The first-order chi connectivity index (χ1) is 18.7. The molecule has 236 valence electrons. The lowest BCUT2D eigenvalue weighted by molar-refractivity contribution is -0.144. The van der Waals surface area contributed by atoms with Gasteiger partial charge in [-0.25, -0.2) is 0 Å². The van der Waals surface area contributed by atoms with Crippen molar-refractivity contribution in [1.82, 2.24) is 5.32 Å². The van der Waals surface area contributed by atoms with Crippen LogP contribution in [0.1, 0.15) is 67.0 Å². The molecule has 0 radical (unpaired) electrons. The monoisotopic (exact) mass is 639 g/mol. The van der Waals surface area contributed by atoms with Gasteiger partial charge in [0.05, 0.1) is 22.3 Å². The molecule has 2 nitrogen and oxygen atoms in total. The smallest absolute Gasteiger partial charge is 0.402 e. The molecule has 42 heavy (non-hydrogen) atoms. The molecular formula is C27H29F12NOSi. The van der Waals surface area contributed by atoms with Gasteiger partial charge in [0.25, 0.3) is 0 Å². The quantitative estimate of drug-likeness (QED) is 0.260. The molecule has 0 spiro atoms. The second-order valence-electron chi connectivity index (χ2n) is 11.8. The fourth-order valence-corrected chi connectivity index (χ4v) is 6.17. The SMILES string of the molecule is CC(C)(C)[Si](C)(C)OC(c1cc(C(F)(F)F)cc(C(F)(F)F)c1)(c1cc(C(F)(F)F)cc(C(F)(F)F)c1)[C@H]1CCCN1. The molecule has 1 fully saturated rings. The number of benzene rings is 2. The number of alkyl halides is 12. The van der Waals surface area contributed by atoms with E-state index in [1.807, 2.05) is 0 Å². The van der Waals surface area contributed by atoms with Gasteiger partial charge in [-0.05, 0) is 85.0 Å². The highest BCUT2D eigenvalue weighted by atomic mass is 28.4. The number of nitrogens with one attached hydrogen (secondary N) is 1. The molecule has 0 amide bonds. The number of rotatable bonds is 5. The Bertz CT molecular complexity index is 1140. The summed E-state index contributed by atoms with van der Waals surface area (Å²) in [6, 6.07) is -0.329. The second kappa shape index (κ2) is 10.7. The van der Waals surface area contributed by atoms with E-state index in [1.165, 1.54) is 0 Å². The van der Waals surface area contributed by atoms with Gasteiger partial charge in [0.2, 0.25) is 0 Å². The normalized spacial score (nSPS) is 18.1. The van der Waals surface area contributed by atoms with Gasteiger partial charge < -0.3 is 9.74 Å². The van der Waals surface area contributed by atoms with Crippen molar-refractivity contribution >= 4 is 8.32 Å². The predicted molar refractivity (Wildman–Crippen MR) is 133 cm³/mol. The van der Waals surface area contributed by atoms with Crippen molar-refractivity contribution in [2.75, 3.05) is 6.54 Å². The molecule has 1 atom stereocenters. The largest absolute Gasteiger partial charge is 0.416 e. The summed E-state index contributed by atoms with van der Waals surface area (Å²) in [5.41, 5.74) is -11.5. The first-order valence-electron chi connectivity index (χ1n) is 12.7. The molecule has 0 aromatic heterocycles. The minimum atomic E-state index is -5.34. The van der Waals surface area contributed by atoms with E-state index in [4.69, 9.17) is 4.43 Å². The fourth-order valence-electron chi connectivity index (χ4n) is 4.68. The molecule has 0 unspecified atom stereocenters. The summed E-state index contributed by atoms with van der Waals surface area (Å²) in [5.74, 6) is 0. The Balaban J connectivity index is 2.62. The minimum Gasteiger partial charge on any atom is -0.402 e. The van der Waals surface area contributed by atoms with E-state index in [1.54, 1.807) is 33.9 Å². The molecule has 0 saturated carbocycles. The van der Waals surface area contributed by atoms with Crippen molar-refractivity contribution in [1.29, 1.82) is 0 Å². The van der Waals surface area contributed by atoms with Crippen molar-refractivity contribution in [2.45, 2.75) is 88.1 Å². The van der Waals surface area contributed by atoms with Crippen molar-refractivity contribution in [2.24, 2.45) is 0 Å². The van der Waals surface area contributed by atoms with E-state index >= 15 is 0 Å². The maximum Gasteiger partial charge on any atom is 0.416 e. The highest BCUT2D eigenvalue weighted by molar-refractivity contribution is 6.74. The number of halogens is 12. The van der Waals surface area contributed by atoms with Crippen LogP contribution < -0.4 is 5.32 Å². The predicted octanol–water partition coefficient (Wildman–Crippen LogP) is 9.78. The minimum absolute atomic E-state index is 0.0240. The zero-order valence-electron chi connectivity index (χ0n) is 23.1. The Morgan fingerprint density at radius 2 is 0.905 bits per heavy atom. The summed E-state index contributed by atoms with van der Waals surface area (Å²) in [7, 11) is -3.39. The van der Waals surface area contributed by atoms with Crippen LogP contribution in [0.4, 0.5) is 52.7 Å². The van der Waals surface area contributed by atoms with E-state index in [0.29, 0.717) is 24.3 Å². The van der Waals surface area contributed by atoms with E-state index in [0.717, 1.165) is 0 Å². The van der Waals surface area contributed by atoms with Crippen LogP contribution >= 0.6 is 0 Å². The van der Waals surface area contributed by atoms with Gasteiger partial charge in [-0.15, -0.1) is 0 Å². The fraction of sp³-hybridized carbons (Fsp3) is 0.556. The molecule has 0 bridgehead atoms. The summed E-state index contributed by atoms with van der Waals surface area (Å²) in [4.78, 5) is 0. The summed E-state index contributed by atoms with van der Waals surface area (Å²) in [5, 5.41) is 2.05. The molecule has 1 saturated heterocycles. The molecule has 2 aromatic rings. The van der Waals surface area contributed by atoms with Crippen LogP contribution in [-0.4, -0.2) is 20.9 Å². The van der Waals surface area contributed by atoms with Crippen LogP contribution in [0, 0.1) is 0 Å². The van der Waals surface area contributed by atoms with Crippen LogP contribution in [0.5, 0.6) is 0 Å². The molecule has 1 aliphatic rings. The van der Waals surface area contributed by atoms with Gasteiger partial charge in [0.15, 0.2) is 8.32 Å². The zero-order chi connectivity index (χ0) is 32.3. The topological polar surface area (TPSA) is 21.3 Å². The van der Waals surface area contributed by atoms with Crippen molar-refractivity contribution in [3.05, 3.63) is 69.8 Å². The molecule has 2 aromatic carbocycles. The lowest BCUT2D eigenvalue weighted by Gasteiger charge is -2.49. The average Bonchev–Trinajstić information content (AvgIpc) is 3.34. The van der Waals surface area contributed by atoms with Crippen LogP contribution in [0.3, 0.4) is 0 Å². The van der Waals surface area contributed by atoms with Crippen LogP contribution in [0.2, 0.25) is 18.1 Å². The molecule has 1 heterocycles. The molecule has 3 rings (SSSR count). The third-order valence-corrected chi connectivity index (χ3v) is 12.3. The third kappa shape index (κ3) is 6.93. The zero-order valence-corrected chi connectivity index (χ0v) is 24.1. The van der Waals surface area contributed by atoms with E-state index in [9.17, 15) is 52.7 Å². The Morgan fingerprint density at radius 1 is 0.595 bits per heavy atom. The Hall–Kier alpha value is -2.26. The van der Waals surface area contributed by atoms with Crippen molar-refractivity contribution < 1.29 is 57.1 Å². The molecule has 1 N–H and O–H groups in total. The van der Waals surface area contributed by atoms with E-state index < -0.39 is 83.1 Å². The summed E-state index contributed by atoms with van der Waals surface area (Å²) < 4.78 is 174. The van der Waals surface area contributed by atoms with Crippen LogP contribution in [0.25, 0.3) is 0 Å². The standard InChI is InChI=1S/C27H29F12NOSi/c1-22(2,3)42(4,5)41-23(21-7-6-8-40-21,15-9-17(24(28,29)30)13-18(10-15)25(31,32)33)16-11-19(26(34,35)36)14-20(12-16)27(37,38)39/h9-14,21,40H,6-8H2,1-5H3/t21-/m1/s1. The highest BCUT2D eigenvalue weighted by Crippen LogP contribution is 2.51. The summed E-state index contributed by atoms with van der Waals surface area (Å²) in [6.45, 7) is 8.22. The lowest BCUT2D eigenvalue weighted by Crippen LogP contribution is -2.56. The van der Waals surface area contributed by atoms with Gasteiger partial charge in [0.1, 0.15) is 5.60 Å². The van der Waals surface area contributed by atoms with Crippen molar-refractivity contribution in [3.8, 4) is 0 Å². The average molecular weight is 640 g/mol. The van der Waals surface area contributed by atoms with Gasteiger partial charge in [-0.3, -0.25) is 0 Å². The van der Waals surface area contributed by atoms with Crippen LogP contribution in [-0.2, 0) is 34.7 Å². The maximum absolute atomic E-state index is 14.0. The van der Waals surface area contributed by atoms with E-state index in [2.05, 4.69) is 5.32 Å². The first kappa shape index (κ1) is 34.2. The number of hydrogen-bond acceptors (Lipinski definition) is 2. The summed E-state index contributed by atoms with van der Waals surface area (Å²) >= 11 is 0. The van der Waals surface area contributed by atoms with Gasteiger partial charge >= 0.3 is 24.7 Å². The number of hydrogen-bond donors (Lipinski definition) is 1. The second-order valence-corrected chi connectivity index (χ2v) is 16.6.